The van der Waals surface area contributed by atoms with Crippen molar-refractivity contribution in [3.63, 3.8) is 0 Å². The van der Waals surface area contributed by atoms with Crippen LogP contribution >= 0.6 is 0 Å². The van der Waals surface area contributed by atoms with Gasteiger partial charge in [0.05, 0.1) is 11.2 Å². The highest BCUT2D eigenvalue weighted by atomic mass is 16.1. The number of nitrogens with one attached hydrogen (secondary N) is 2. The first-order valence-corrected chi connectivity index (χ1v) is 12.2. The average Bonchev–Trinajstić information content (AvgIpc) is 2.90. The van der Waals surface area contributed by atoms with Crippen LogP contribution in [-0.2, 0) is 6.54 Å². The number of hydrogen-bond acceptors (Lipinski definition) is 5. The van der Waals surface area contributed by atoms with Gasteiger partial charge in [0.1, 0.15) is 0 Å². The van der Waals surface area contributed by atoms with E-state index in [0.717, 1.165) is 45.6 Å². The van der Waals surface area contributed by atoms with E-state index in [4.69, 9.17) is 9.97 Å². The number of benzene rings is 4. The lowest BCUT2D eigenvalue weighted by molar-refractivity contribution is 0.102. The third-order valence-corrected chi connectivity index (χ3v) is 6.09. The monoisotopic (exact) mass is 487 g/mol. The first-order valence-electron chi connectivity index (χ1n) is 12.2. The summed E-state index contributed by atoms with van der Waals surface area (Å²) in [5.41, 5.74) is 7.20. The van der Waals surface area contributed by atoms with E-state index in [1.54, 1.807) is 12.1 Å². The Kier molecular flexibility index (Phi) is 6.92. The van der Waals surface area contributed by atoms with Gasteiger partial charge in [-0.25, -0.2) is 9.97 Å². The number of anilines is 3. The fraction of sp³-hybridized carbons (Fsp3) is 0.129. The summed E-state index contributed by atoms with van der Waals surface area (Å²) in [4.78, 5) is 24.5. The van der Waals surface area contributed by atoms with Crippen molar-refractivity contribution in [2.24, 2.45) is 0 Å². The highest BCUT2D eigenvalue weighted by Crippen LogP contribution is 2.28. The molecule has 5 aromatic rings. The molecule has 1 heterocycles. The van der Waals surface area contributed by atoms with E-state index >= 15 is 0 Å². The molecule has 0 radical (unpaired) electrons. The highest BCUT2D eigenvalue weighted by Gasteiger charge is 2.12. The third-order valence-electron chi connectivity index (χ3n) is 6.09. The van der Waals surface area contributed by atoms with Gasteiger partial charge in [0.25, 0.3) is 5.91 Å². The Morgan fingerprint density at radius 1 is 0.838 bits per heavy atom. The fourth-order valence-corrected chi connectivity index (χ4v) is 4.31. The molecule has 6 heteroatoms. The first-order chi connectivity index (χ1) is 18.0. The summed E-state index contributed by atoms with van der Waals surface area (Å²) < 4.78 is 0. The molecule has 0 unspecified atom stereocenters. The summed E-state index contributed by atoms with van der Waals surface area (Å²) in [6, 6.07) is 31.5. The molecular formula is C31H29N5O. The number of amides is 1. The highest BCUT2D eigenvalue weighted by molar-refractivity contribution is 6.04. The van der Waals surface area contributed by atoms with E-state index in [1.807, 2.05) is 99.9 Å². The maximum absolute atomic E-state index is 12.9. The molecule has 1 amide bonds. The molecule has 2 N–H and O–H groups in total. The lowest BCUT2D eigenvalue weighted by atomic mass is 10.1. The Labute approximate surface area is 217 Å². The molecular weight excluding hydrogens is 458 g/mol. The molecule has 5 rings (SSSR count). The molecule has 0 saturated carbocycles. The second-order valence-corrected chi connectivity index (χ2v) is 9.32. The van der Waals surface area contributed by atoms with Gasteiger partial charge in [0.15, 0.2) is 0 Å². The minimum Gasteiger partial charge on any atom is -0.324 e. The summed E-state index contributed by atoms with van der Waals surface area (Å²) in [5, 5.41) is 7.32. The molecule has 0 aliphatic rings. The zero-order valence-electron chi connectivity index (χ0n) is 21.2. The predicted molar refractivity (Wildman–Crippen MR) is 151 cm³/mol. The Morgan fingerprint density at radius 2 is 1.57 bits per heavy atom. The Hall–Kier alpha value is -4.55. The van der Waals surface area contributed by atoms with Crippen molar-refractivity contribution in [1.82, 2.24) is 14.9 Å². The van der Waals surface area contributed by atoms with Gasteiger partial charge in [0.2, 0.25) is 5.95 Å². The fourth-order valence-electron chi connectivity index (χ4n) is 4.31. The third kappa shape index (κ3) is 5.66. The van der Waals surface area contributed by atoms with Crippen LogP contribution < -0.4 is 10.6 Å². The van der Waals surface area contributed by atoms with Gasteiger partial charge in [-0.3, -0.25) is 4.79 Å². The minimum absolute atomic E-state index is 0.150. The molecule has 0 atom stereocenters. The van der Waals surface area contributed by atoms with Gasteiger partial charge in [-0.1, -0.05) is 60.7 Å². The van der Waals surface area contributed by atoms with E-state index in [2.05, 4.69) is 21.6 Å². The Balaban J connectivity index is 1.33. The molecule has 0 aliphatic carbocycles. The van der Waals surface area contributed by atoms with Crippen LogP contribution in [0.5, 0.6) is 0 Å². The van der Waals surface area contributed by atoms with Crippen LogP contribution in [0.15, 0.2) is 97.1 Å². The number of aromatic nitrogens is 2. The van der Waals surface area contributed by atoms with Gasteiger partial charge < -0.3 is 15.5 Å². The summed E-state index contributed by atoms with van der Waals surface area (Å²) >= 11 is 0. The quantitative estimate of drug-likeness (QED) is 0.269. The maximum atomic E-state index is 12.9. The van der Waals surface area contributed by atoms with Crippen molar-refractivity contribution in [2.75, 3.05) is 24.7 Å². The molecule has 4 aromatic carbocycles. The van der Waals surface area contributed by atoms with Crippen molar-refractivity contribution < 1.29 is 4.79 Å². The van der Waals surface area contributed by atoms with E-state index in [1.165, 1.54) is 5.56 Å². The van der Waals surface area contributed by atoms with Crippen molar-refractivity contribution in [3.8, 4) is 11.3 Å². The Morgan fingerprint density at radius 3 is 2.30 bits per heavy atom. The van der Waals surface area contributed by atoms with E-state index in [-0.39, 0.29) is 5.91 Å². The van der Waals surface area contributed by atoms with Crippen LogP contribution in [0.3, 0.4) is 0 Å². The average molecular weight is 488 g/mol. The summed E-state index contributed by atoms with van der Waals surface area (Å²) in [5.74, 6) is 0.353. The molecule has 1 aromatic heterocycles. The topological polar surface area (TPSA) is 70.2 Å². The number of para-hydroxylation sites is 1. The first kappa shape index (κ1) is 24.2. The van der Waals surface area contributed by atoms with Gasteiger partial charge >= 0.3 is 0 Å². The van der Waals surface area contributed by atoms with Crippen LogP contribution in [0.1, 0.15) is 21.5 Å². The summed E-state index contributed by atoms with van der Waals surface area (Å²) in [6.45, 7) is 2.87. The van der Waals surface area contributed by atoms with Crippen LogP contribution in [0, 0.1) is 6.92 Å². The number of carbonyl (C=O) groups is 1. The smallest absolute Gasteiger partial charge is 0.255 e. The standard InChI is InChI=1S/C31H29N5O/c1-21-19-22(20-36(2)3)13-18-27(21)33-30(37)24-14-16-25(17-15-24)32-31-34-28-12-8-7-11-26(28)29(35-31)23-9-5-4-6-10-23/h4-19H,20H2,1-3H3,(H,33,37)(H,32,34,35). The Bertz CT molecular complexity index is 1550. The molecule has 0 saturated heterocycles. The molecule has 0 aliphatic heterocycles. The lowest BCUT2D eigenvalue weighted by Gasteiger charge is -2.13. The van der Waals surface area contributed by atoms with Gasteiger partial charge in [-0.2, -0.15) is 0 Å². The zero-order chi connectivity index (χ0) is 25.8. The normalized spacial score (nSPS) is 11.0. The number of aryl methyl sites for hydroxylation is 1. The van der Waals surface area contributed by atoms with Crippen LogP contribution in [0.4, 0.5) is 17.3 Å². The minimum atomic E-state index is -0.150. The SMILES string of the molecule is Cc1cc(CN(C)C)ccc1NC(=O)c1ccc(Nc2nc(-c3ccccc3)c3ccccc3n2)cc1. The molecule has 0 spiro atoms. The van der Waals surface area contributed by atoms with Gasteiger partial charge in [-0.15, -0.1) is 0 Å². The molecule has 0 fully saturated rings. The van der Waals surface area contributed by atoms with E-state index in [0.29, 0.717) is 11.5 Å². The van der Waals surface area contributed by atoms with Crippen molar-refractivity contribution in [2.45, 2.75) is 13.5 Å². The lowest BCUT2D eigenvalue weighted by Crippen LogP contribution is -2.14. The number of hydrogen-bond donors (Lipinski definition) is 2. The molecule has 184 valence electrons. The number of rotatable bonds is 7. The predicted octanol–water partition coefficient (Wildman–Crippen LogP) is 6.66. The van der Waals surface area contributed by atoms with Crippen LogP contribution in [0.2, 0.25) is 0 Å². The second-order valence-electron chi connectivity index (χ2n) is 9.32. The van der Waals surface area contributed by atoms with Gasteiger partial charge in [0, 0.05) is 34.4 Å². The zero-order valence-corrected chi connectivity index (χ0v) is 21.2. The van der Waals surface area contributed by atoms with Crippen molar-refractivity contribution >= 4 is 34.1 Å². The van der Waals surface area contributed by atoms with E-state index < -0.39 is 0 Å². The maximum Gasteiger partial charge on any atom is 0.255 e. The summed E-state index contributed by atoms with van der Waals surface area (Å²) in [6.07, 6.45) is 0. The largest absolute Gasteiger partial charge is 0.324 e. The summed E-state index contributed by atoms with van der Waals surface area (Å²) in [7, 11) is 4.08. The number of nitrogens with zero attached hydrogens (tertiary/aromatic N) is 3. The molecule has 37 heavy (non-hydrogen) atoms. The number of carbonyl (C=O) groups excluding carboxylic acids is 1. The second kappa shape index (κ2) is 10.6. The van der Waals surface area contributed by atoms with E-state index in [9.17, 15) is 4.79 Å². The van der Waals surface area contributed by atoms with Crippen LogP contribution in [-0.4, -0.2) is 34.9 Å². The van der Waals surface area contributed by atoms with Crippen molar-refractivity contribution in [3.05, 3.63) is 114 Å². The van der Waals surface area contributed by atoms with Crippen molar-refractivity contribution in [1.29, 1.82) is 0 Å². The van der Waals surface area contributed by atoms with Crippen LogP contribution in [0.25, 0.3) is 22.2 Å². The van der Waals surface area contributed by atoms with Gasteiger partial charge in [-0.05, 0) is 68.5 Å². The number of fused-ring (bicyclic) bond motifs is 1. The molecule has 0 bridgehead atoms. The molecule has 6 nitrogen and oxygen atoms in total.